The van der Waals surface area contributed by atoms with Crippen molar-refractivity contribution in [3.8, 4) is 5.75 Å². The van der Waals surface area contributed by atoms with Crippen molar-refractivity contribution in [1.29, 1.82) is 0 Å². The molecule has 0 spiro atoms. The first-order valence-electron chi connectivity index (χ1n) is 6.57. The molecule has 0 saturated carbocycles. The molecule has 100 valence electrons. The molecule has 3 nitrogen and oxygen atoms in total. The minimum absolute atomic E-state index is 0.264. The fraction of sp³-hybridized carbons (Fsp3) is 0.312. The van der Waals surface area contributed by atoms with Crippen molar-refractivity contribution in [2.24, 2.45) is 0 Å². The SMILES string of the molecule is COc1ccccc1[C@H](C)NCCc1ccccn1. The molecular formula is C16H20N2O. The van der Waals surface area contributed by atoms with E-state index in [2.05, 4.69) is 29.4 Å². The highest BCUT2D eigenvalue weighted by molar-refractivity contribution is 5.35. The van der Waals surface area contributed by atoms with Crippen molar-refractivity contribution in [1.82, 2.24) is 10.3 Å². The molecule has 0 amide bonds. The molecule has 0 aliphatic rings. The van der Waals surface area contributed by atoms with E-state index in [1.807, 2.05) is 36.5 Å². The summed E-state index contributed by atoms with van der Waals surface area (Å²) < 4.78 is 5.38. The van der Waals surface area contributed by atoms with Crippen LogP contribution in [-0.2, 0) is 6.42 Å². The number of rotatable bonds is 6. The Labute approximate surface area is 114 Å². The summed E-state index contributed by atoms with van der Waals surface area (Å²) in [5, 5.41) is 3.50. The molecule has 0 fully saturated rings. The van der Waals surface area contributed by atoms with E-state index in [4.69, 9.17) is 4.74 Å². The van der Waals surface area contributed by atoms with Gasteiger partial charge >= 0.3 is 0 Å². The lowest BCUT2D eigenvalue weighted by Gasteiger charge is -2.17. The molecular weight excluding hydrogens is 236 g/mol. The molecule has 19 heavy (non-hydrogen) atoms. The van der Waals surface area contributed by atoms with E-state index in [-0.39, 0.29) is 6.04 Å². The third kappa shape index (κ3) is 3.80. The normalized spacial score (nSPS) is 12.1. The minimum Gasteiger partial charge on any atom is -0.496 e. The van der Waals surface area contributed by atoms with Gasteiger partial charge in [0.05, 0.1) is 7.11 Å². The lowest BCUT2D eigenvalue weighted by Crippen LogP contribution is -2.22. The Hall–Kier alpha value is -1.87. The smallest absolute Gasteiger partial charge is 0.123 e. The van der Waals surface area contributed by atoms with Crippen molar-refractivity contribution in [2.75, 3.05) is 13.7 Å². The third-order valence-electron chi connectivity index (χ3n) is 3.16. The Kier molecular flexibility index (Phi) is 4.93. The number of hydrogen-bond acceptors (Lipinski definition) is 3. The lowest BCUT2D eigenvalue weighted by molar-refractivity contribution is 0.402. The van der Waals surface area contributed by atoms with Gasteiger partial charge in [0, 0.05) is 36.5 Å². The summed E-state index contributed by atoms with van der Waals surface area (Å²) in [7, 11) is 1.71. The van der Waals surface area contributed by atoms with Gasteiger partial charge in [-0.1, -0.05) is 24.3 Å². The van der Waals surface area contributed by atoms with Crippen LogP contribution in [0.4, 0.5) is 0 Å². The monoisotopic (exact) mass is 256 g/mol. The second-order valence-corrected chi connectivity index (χ2v) is 4.49. The first kappa shape index (κ1) is 13.6. The summed E-state index contributed by atoms with van der Waals surface area (Å²) in [6, 6.07) is 14.4. The first-order chi connectivity index (χ1) is 9.31. The standard InChI is InChI=1S/C16H20N2O/c1-13(15-8-3-4-9-16(15)19-2)17-12-10-14-7-5-6-11-18-14/h3-9,11,13,17H,10,12H2,1-2H3/t13-/m0/s1. The van der Waals surface area contributed by atoms with Crippen LogP contribution in [0.2, 0.25) is 0 Å². The summed E-state index contributed by atoms with van der Waals surface area (Å²) >= 11 is 0. The molecule has 0 saturated heterocycles. The highest BCUT2D eigenvalue weighted by Gasteiger charge is 2.09. The van der Waals surface area contributed by atoms with E-state index in [1.165, 1.54) is 5.56 Å². The van der Waals surface area contributed by atoms with Crippen molar-refractivity contribution >= 4 is 0 Å². The number of pyridine rings is 1. The Balaban J connectivity index is 1.89. The highest BCUT2D eigenvalue weighted by Crippen LogP contribution is 2.24. The van der Waals surface area contributed by atoms with Gasteiger partial charge in [-0.05, 0) is 25.1 Å². The maximum atomic E-state index is 5.38. The summed E-state index contributed by atoms with van der Waals surface area (Å²) in [4.78, 5) is 4.32. The minimum atomic E-state index is 0.264. The predicted octanol–water partition coefficient (Wildman–Crippen LogP) is 2.98. The maximum Gasteiger partial charge on any atom is 0.123 e. The third-order valence-corrected chi connectivity index (χ3v) is 3.16. The van der Waals surface area contributed by atoms with Crippen LogP contribution in [0, 0.1) is 0 Å². The van der Waals surface area contributed by atoms with Crippen LogP contribution < -0.4 is 10.1 Å². The number of ether oxygens (including phenoxy) is 1. The molecule has 0 unspecified atom stereocenters. The second-order valence-electron chi connectivity index (χ2n) is 4.49. The molecule has 0 aliphatic heterocycles. The lowest BCUT2D eigenvalue weighted by atomic mass is 10.1. The number of benzene rings is 1. The zero-order valence-electron chi connectivity index (χ0n) is 11.5. The van der Waals surface area contributed by atoms with E-state index in [9.17, 15) is 0 Å². The fourth-order valence-corrected chi connectivity index (χ4v) is 2.10. The zero-order valence-corrected chi connectivity index (χ0v) is 11.5. The van der Waals surface area contributed by atoms with Gasteiger partial charge in [-0.15, -0.1) is 0 Å². The Bertz CT molecular complexity index is 499. The zero-order chi connectivity index (χ0) is 13.5. The van der Waals surface area contributed by atoms with Crippen LogP contribution >= 0.6 is 0 Å². The van der Waals surface area contributed by atoms with Crippen molar-refractivity contribution in [3.63, 3.8) is 0 Å². The summed E-state index contributed by atoms with van der Waals surface area (Å²) in [5.41, 5.74) is 2.30. The molecule has 0 aliphatic carbocycles. The van der Waals surface area contributed by atoms with Crippen molar-refractivity contribution in [3.05, 3.63) is 59.9 Å². The largest absolute Gasteiger partial charge is 0.496 e. The quantitative estimate of drug-likeness (QED) is 0.862. The van der Waals surface area contributed by atoms with Gasteiger partial charge in [0.1, 0.15) is 5.75 Å². The van der Waals surface area contributed by atoms with E-state index in [0.717, 1.165) is 24.4 Å². The van der Waals surface area contributed by atoms with Gasteiger partial charge in [-0.3, -0.25) is 4.98 Å². The molecule has 2 aromatic rings. The average molecular weight is 256 g/mol. The molecule has 1 atom stereocenters. The van der Waals surface area contributed by atoms with Crippen molar-refractivity contribution in [2.45, 2.75) is 19.4 Å². The predicted molar refractivity (Wildman–Crippen MR) is 77.4 cm³/mol. The molecule has 1 aromatic heterocycles. The number of para-hydroxylation sites is 1. The molecule has 1 heterocycles. The molecule has 1 aromatic carbocycles. The molecule has 2 rings (SSSR count). The van der Waals surface area contributed by atoms with Crippen LogP contribution in [0.5, 0.6) is 5.75 Å². The molecule has 3 heteroatoms. The number of nitrogens with zero attached hydrogens (tertiary/aromatic N) is 1. The Morgan fingerprint density at radius 1 is 1.16 bits per heavy atom. The van der Waals surface area contributed by atoms with Gasteiger partial charge < -0.3 is 10.1 Å². The molecule has 0 radical (unpaired) electrons. The Morgan fingerprint density at radius 2 is 1.95 bits per heavy atom. The van der Waals surface area contributed by atoms with Crippen LogP contribution in [0.3, 0.4) is 0 Å². The maximum absolute atomic E-state index is 5.38. The van der Waals surface area contributed by atoms with Crippen LogP contribution in [0.1, 0.15) is 24.2 Å². The van der Waals surface area contributed by atoms with Gasteiger partial charge in [0.15, 0.2) is 0 Å². The van der Waals surface area contributed by atoms with Crippen LogP contribution in [-0.4, -0.2) is 18.6 Å². The number of nitrogens with one attached hydrogen (secondary N) is 1. The average Bonchev–Trinajstić information content (AvgIpc) is 2.48. The van der Waals surface area contributed by atoms with Gasteiger partial charge in [0.2, 0.25) is 0 Å². The highest BCUT2D eigenvalue weighted by atomic mass is 16.5. The van der Waals surface area contributed by atoms with Crippen molar-refractivity contribution < 1.29 is 4.74 Å². The first-order valence-corrected chi connectivity index (χ1v) is 6.57. The second kappa shape index (κ2) is 6.90. The van der Waals surface area contributed by atoms with Gasteiger partial charge in [-0.2, -0.15) is 0 Å². The summed E-state index contributed by atoms with van der Waals surface area (Å²) in [6.45, 7) is 3.05. The van der Waals surface area contributed by atoms with E-state index < -0.39 is 0 Å². The molecule has 1 N–H and O–H groups in total. The molecule has 0 bridgehead atoms. The number of methoxy groups -OCH3 is 1. The van der Waals surface area contributed by atoms with Gasteiger partial charge in [0.25, 0.3) is 0 Å². The van der Waals surface area contributed by atoms with E-state index in [1.54, 1.807) is 7.11 Å². The fourth-order valence-electron chi connectivity index (χ4n) is 2.10. The van der Waals surface area contributed by atoms with E-state index in [0.29, 0.717) is 0 Å². The topological polar surface area (TPSA) is 34.1 Å². The van der Waals surface area contributed by atoms with Gasteiger partial charge in [-0.25, -0.2) is 0 Å². The van der Waals surface area contributed by atoms with Crippen LogP contribution in [0.25, 0.3) is 0 Å². The Morgan fingerprint density at radius 3 is 2.68 bits per heavy atom. The summed E-state index contributed by atoms with van der Waals surface area (Å²) in [6.07, 6.45) is 2.76. The van der Waals surface area contributed by atoms with Crippen LogP contribution in [0.15, 0.2) is 48.7 Å². The number of hydrogen-bond donors (Lipinski definition) is 1. The summed E-state index contributed by atoms with van der Waals surface area (Å²) in [5.74, 6) is 0.931. The van der Waals surface area contributed by atoms with E-state index >= 15 is 0 Å². The number of aromatic nitrogens is 1.